The van der Waals surface area contributed by atoms with Crippen molar-refractivity contribution in [1.82, 2.24) is 5.32 Å². The van der Waals surface area contributed by atoms with E-state index in [0.717, 1.165) is 5.56 Å². The molecule has 25 heavy (non-hydrogen) atoms. The average molecular weight is 352 g/mol. The monoisotopic (exact) mass is 352 g/mol. The van der Waals surface area contributed by atoms with Gasteiger partial charge in [0.1, 0.15) is 17.2 Å². The minimum Gasteiger partial charge on any atom is -0.497 e. The molecule has 0 unspecified atom stereocenters. The number of benzene rings is 2. The second-order valence-electron chi connectivity index (χ2n) is 4.89. The van der Waals surface area contributed by atoms with Gasteiger partial charge in [-0.3, -0.25) is 0 Å². The lowest BCUT2D eigenvalue weighted by molar-refractivity contribution is -0.0497. The summed E-state index contributed by atoms with van der Waals surface area (Å²) in [4.78, 5) is 12.0. The van der Waals surface area contributed by atoms with Crippen molar-refractivity contribution in [2.45, 2.75) is 13.2 Å². The van der Waals surface area contributed by atoms with E-state index >= 15 is 0 Å². The van der Waals surface area contributed by atoms with Crippen molar-refractivity contribution in [3.8, 4) is 17.2 Å². The molecule has 2 aromatic carbocycles. The van der Waals surface area contributed by atoms with Crippen LogP contribution in [0.25, 0.3) is 0 Å². The molecule has 8 heteroatoms. The van der Waals surface area contributed by atoms with Crippen molar-refractivity contribution >= 4 is 11.7 Å². The number of urea groups is 1. The second kappa shape index (κ2) is 8.72. The van der Waals surface area contributed by atoms with E-state index in [9.17, 15) is 13.6 Å². The molecule has 0 saturated carbocycles. The van der Waals surface area contributed by atoms with Gasteiger partial charge in [0.15, 0.2) is 0 Å². The van der Waals surface area contributed by atoms with Crippen LogP contribution in [-0.2, 0) is 6.54 Å². The fourth-order valence-corrected chi connectivity index (χ4v) is 2.12. The van der Waals surface area contributed by atoms with Gasteiger partial charge in [-0.05, 0) is 30.3 Å². The SMILES string of the molecule is COc1ccc(OC)c(CNC(=O)Nc2cccc(OC(F)F)c2)c1. The minimum atomic E-state index is -2.93. The summed E-state index contributed by atoms with van der Waals surface area (Å²) in [6.45, 7) is -2.73. The molecule has 0 atom stereocenters. The predicted octanol–water partition coefficient (Wildman–Crippen LogP) is 3.63. The van der Waals surface area contributed by atoms with E-state index in [-0.39, 0.29) is 12.3 Å². The second-order valence-corrected chi connectivity index (χ2v) is 4.89. The smallest absolute Gasteiger partial charge is 0.387 e. The maximum absolute atomic E-state index is 12.2. The summed E-state index contributed by atoms with van der Waals surface area (Å²) in [5, 5.41) is 5.20. The first-order chi connectivity index (χ1) is 12.0. The van der Waals surface area contributed by atoms with Crippen LogP contribution in [0.4, 0.5) is 19.3 Å². The number of ether oxygens (including phenoxy) is 3. The van der Waals surface area contributed by atoms with Gasteiger partial charge in [0, 0.05) is 23.9 Å². The van der Waals surface area contributed by atoms with Crippen LogP contribution in [0.1, 0.15) is 5.56 Å². The summed E-state index contributed by atoms with van der Waals surface area (Å²) in [5.41, 5.74) is 1.06. The van der Waals surface area contributed by atoms with Gasteiger partial charge >= 0.3 is 12.6 Å². The molecular weight excluding hydrogens is 334 g/mol. The fraction of sp³-hybridized carbons (Fsp3) is 0.235. The van der Waals surface area contributed by atoms with E-state index in [1.807, 2.05) is 0 Å². The van der Waals surface area contributed by atoms with Gasteiger partial charge < -0.3 is 24.8 Å². The zero-order valence-electron chi connectivity index (χ0n) is 13.7. The van der Waals surface area contributed by atoms with Crippen molar-refractivity contribution in [2.75, 3.05) is 19.5 Å². The van der Waals surface area contributed by atoms with Crippen LogP contribution in [0.2, 0.25) is 0 Å². The summed E-state index contributed by atoms with van der Waals surface area (Å²) < 4.78 is 39.1. The first-order valence-electron chi connectivity index (χ1n) is 7.32. The number of amides is 2. The lowest BCUT2D eigenvalue weighted by Crippen LogP contribution is -2.28. The first-order valence-corrected chi connectivity index (χ1v) is 7.32. The Morgan fingerprint density at radius 1 is 1.08 bits per heavy atom. The minimum absolute atomic E-state index is 0.0396. The lowest BCUT2D eigenvalue weighted by atomic mass is 10.2. The third-order valence-electron chi connectivity index (χ3n) is 3.24. The van der Waals surface area contributed by atoms with Gasteiger partial charge in [0.05, 0.1) is 14.2 Å². The Kier molecular flexibility index (Phi) is 6.39. The Bertz CT molecular complexity index is 726. The molecule has 0 bridgehead atoms. The van der Waals surface area contributed by atoms with Crippen molar-refractivity contribution in [1.29, 1.82) is 0 Å². The molecule has 0 spiro atoms. The summed E-state index contributed by atoms with van der Waals surface area (Å²) in [7, 11) is 3.07. The van der Waals surface area contributed by atoms with Crippen LogP contribution in [0.3, 0.4) is 0 Å². The molecular formula is C17H18F2N2O4. The molecule has 0 aliphatic heterocycles. The Labute approximate surface area is 143 Å². The van der Waals surface area contributed by atoms with Gasteiger partial charge in [-0.1, -0.05) is 6.07 Å². The van der Waals surface area contributed by atoms with Crippen LogP contribution in [0.5, 0.6) is 17.2 Å². The van der Waals surface area contributed by atoms with Crippen LogP contribution in [0, 0.1) is 0 Å². The summed E-state index contributed by atoms with van der Waals surface area (Å²) in [5.74, 6) is 1.20. The average Bonchev–Trinajstić information content (AvgIpc) is 2.59. The highest BCUT2D eigenvalue weighted by molar-refractivity contribution is 5.89. The number of rotatable bonds is 7. The fourth-order valence-electron chi connectivity index (χ4n) is 2.12. The molecule has 0 aliphatic carbocycles. The summed E-state index contributed by atoms with van der Waals surface area (Å²) in [6, 6.07) is 10.5. The lowest BCUT2D eigenvalue weighted by Gasteiger charge is -2.12. The van der Waals surface area contributed by atoms with Gasteiger partial charge in [0.2, 0.25) is 0 Å². The summed E-state index contributed by atoms with van der Waals surface area (Å²) >= 11 is 0. The Morgan fingerprint density at radius 3 is 2.56 bits per heavy atom. The van der Waals surface area contributed by atoms with Crippen molar-refractivity contribution in [2.24, 2.45) is 0 Å². The van der Waals surface area contributed by atoms with Gasteiger partial charge in [-0.15, -0.1) is 0 Å². The molecule has 0 aromatic heterocycles. The van der Waals surface area contributed by atoms with E-state index in [1.54, 1.807) is 31.4 Å². The molecule has 0 radical (unpaired) electrons. The number of hydrogen-bond donors (Lipinski definition) is 2. The van der Waals surface area contributed by atoms with Gasteiger partial charge in [0.25, 0.3) is 0 Å². The predicted molar refractivity (Wildman–Crippen MR) is 88.5 cm³/mol. The highest BCUT2D eigenvalue weighted by Gasteiger charge is 2.09. The molecule has 134 valence electrons. The number of alkyl halides is 2. The third kappa shape index (κ3) is 5.52. The molecule has 0 aliphatic rings. The number of carbonyl (C=O) groups excluding carboxylic acids is 1. The summed E-state index contributed by atoms with van der Waals surface area (Å²) in [6.07, 6.45) is 0. The number of methoxy groups -OCH3 is 2. The number of carbonyl (C=O) groups is 1. The van der Waals surface area contributed by atoms with Crippen molar-refractivity contribution in [3.63, 3.8) is 0 Å². The molecule has 2 aromatic rings. The van der Waals surface area contributed by atoms with E-state index in [4.69, 9.17) is 9.47 Å². The van der Waals surface area contributed by atoms with Crippen LogP contribution in [0.15, 0.2) is 42.5 Å². The Balaban J connectivity index is 1.97. The Morgan fingerprint density at radius 2 is 1.88 bits per heavy atom. The van der Waals surface area contributed by atoms with E-state index in [2.05, 4.69) is 15.4 Å². The number of hydrogen-bond acceptors (Lipinski definition) is 4. The number of nitrogens with one attached hydrogen (secondary N) is 2. The molecule has 0 heterocycles. The van der Waals surface area contributed by atoms with E-state index in [0.29, 0.717) is 17.2 Å². The van der Waals surface area contributed by atoms with Crippen molar-refractivity contribution in [3.05, 3.63) is 48.0 Å². The third-order valence-corrected chi connectivity index (χ3v) is 3.24. The molecule has 0 fully saturated rings. The van der Waals surface area contributed by atoms with Crippen molar-refractivity contribution < 1.29 is 27.8 Å². The highest BCUT2D eigenvalue weighted by Crippen LogP contribution is 2.24. The molecule has 2 amide bonds. The molecule has 6 nitrogen and oxygen atoms in total. The maximum Gasteiger partial charge on any atom is 0.387 e. The van der Waals surface area contributed by atoms with Crippen LogP contribution in [-0.4, -0.2) is 26.9 Å². The number of anilines is 1. The molecule has 2 N–H and O–H groups in total. The largest absolute Gasteiger partial charge is 0.497 e. The standard InChI is InChI=1S/C17H18F2N2O4/c1-23-13-6-7-15(24-2)11(8-13)10-20-17(22)21-12-4-3-5-14(9-12)25-16(18)19/h3-9,16H,10H2,1-2H3,(H2,20,21,22). The molecule has 0 saturated heterocycles. The Hall–Kier alpha value is -3.03. The van der Waals surface area contributed by atoms with E-state index in [1.165, 1.54) is 25.3 Å². The first kappa shape index (κ1) is 18.3. The quantitative estimate of drug-likeness (QED) is 0.798. The zero-order chi connectivity index (χ0) is 18.2. The van der Waals surface area contributed by atoms with Crippen LogP contribution >= 0.6 is 0 Å². The van der Waals surface area contributed by atoms with E-state index < -0.39 is 12.6 Å². The number of halogens is 2. The van der Waals surface area contributed by atoms with Gasteiger partial charge in [-0.25, -0.2) is 4.79 Å². The van der Waals surface area contributed by atoms with Gasteiger partial charge in [-0.2, -0.15) is 8.78 Å². The normalized spacial score (nSPS) is 10.3. The highest BCUT2D eigenvalue weighted by atomic mass is 19.3. The molecule has 2 rings (SSSR count). The van der Waals surface area contributed by atoms with Crippen LogP contribution < -0.4 is 24.8 Å². The zero-order valence-corrected chi connectivity index (χ0v) is 13.7. The topological polar surface area (TPSA) is 68.8 Å². The maximum atomic E-state index is 12.2.